The van der Waals surface area contributed by atoms with E-state index in [0.717, 1.165) is 18.4 Å². The molecule has 0 spiro atoms. The van der Waals surface area contributed by atoms with E-state index in [1.807, 2.05) is 0 Å². The van der Waals surface area contributed by atoms with E-state index in [4.69, 9.17) is 17.3 Å². The number of nitrogen functional groups attached to an aromatic ring is 1. The monoisotopic (exact) mass is 197 g/mol. The topological polar surface area (TPSA) is 51.8 Å². The zero-order valence-corrected chi connectivity index (χ0v) is 8.09. The number of hydrogen-bond acceptors (Lipinski definition) is 3. The first-order valence-corrected chi connectivity index (χ1v) is 4.92. The van der Waals surface area contributed by atoms with Gasteiger partial charge in [0.15, 0.2) is 0 Å². The van der Waals surface area contributed by atoms with Crippen molar-refractivity contribution in [2.45, 2.75) is 31.6 Å². The summed E-state index contributed by atoms with van der Waals surface area (Å²) < 4.78 is 0. The van der Waals surface area contributed by atoms with E-state index < -0.39 is 0 Å². The second kappa shape index (κ2) is 3.50. The summed E-state index contributed by atoms with van der Waals surface area (Å²) in [5.41, 5.74) is 6.73. The molecule has 1 aromatic heterocycles. The van der Waals surface area contributed by atoms with Gasteiger partial charge in [-0.25, -0.2) is 9.97 Å². The molecule has 0 atom stereocenters. The molecule has 1 fully saturated rings. The fraction of sp³-hybridized carbons (Fsp3) is 0.556. The number of nitrogens with two attached hydrogens (primary N) is 1. The lowest BCUT2D eigenvalue weighted by Gasteiger charge is -2.11. The van der Waals surface area contributed by atoms with E-state index in [-0.39, 0.29) is 0 Å². The summed E-state index contributed by atoms with van der Waals surface area (Å²) in [6.07, 6.45) is 6.26. The van der Waals surface area contributed by atoms with Crippen LogP contribution in [-0.2, 0) is 0 Å². The third kappa shape index (κ3) is 1.61. The molecule has 1 aliphatic carbocycles. The van der Waals surface area contributed by atoms with Crippen molar-refractivity contribution >= 4 is 17.4 Å². The SMILES string of the molecule is Nc1ncnc(Cl)c1C1CCCC1. The van der Waals surface area contributed by atoms with Gasteiger partial charge in [-0.05, 0) is 18.8 Å². The number of anilines is 1. The minimum Gasteiger partial charge on any atom is -0.383 e. The lowest BCUT2D eigenvalue weighted by Crippen LogP contribution is -2.03. The molecule has 0 amide bonds. The molecule has 3 nitrogen and oxygen atoms in total. The highest BCUT2D eigenvalue weighted by atomic mass is 35.5. The maximum absolute atomic E-state index is 5.98. The van der Waals surface area contributed by atoms with Gasteiger partial charge >= 0.3 is 0 Å². The standard InChI is InChI=1S/C9H12ClN3/c10-8-7(6-3-1-2-4-6)9(11)13-5-12-8/h5-6H,1-4H2,(H2,11,12,13). The van der Waals surface area contributed by atoms with Crippen LogP contribution in [-0.4, -0.2) is 9.97 Å². The van der Waals surface area contributed by atoms with Gasteiger partial charge in [-0.15, -0.1) is 0 Å². The van der Waals surface area contributed by atoms with Gasteiger partial charge in [0, 0.05) is 5.56 Å². The van der Waals surface area contributed by atoms with Gasteiger partial charge in [0.05, 0.1) is 0 Å². The van der Waals surface area contributed by atoms with Crippen LogP contribution in [0.1, 0.15) is 37.2 Å². The summed E-state index contributed by atoms with van der Waals surface area (Å²) in [5.74, 6) is 1.03. The molecule has 70 valence electrons. The van der Waals surface area contributed by atoms with E-state index in [0.29, 0.717) is 16.9 Å². The predicted molar refractivity (Wildman–Crippen MR) is 52.7 cm³/mol. The van der Waals surface area contributed by atoms with Crippen molar-refractivity contribution in [2.24, 2.45) is 0 Å². The summed E-state index contributed by atoms with van der Waals surface area (Å²) in [4.78, 5) is 7.93. The van der Waals surface area contributed by atoms with Crippen LogP contribution in [0.15, 0.2) is 6.33 Å². The second-order valence-electron chi connectivity index (χ2n) is 3.44. The van der Waals surface area contributed by atoms with Gasteiger partial charge in [0.25, 0.3) is 0 Å². The summed E-state index contributed by atoms with van der Waals surface area (Å²) in [6, 6.07) is 0. The van der Waals surface area contributed by atoms with Crippen molar-refractivity contribution in [3.05, 3.63) is 17.0 Å². The number of halogens is 1. The highest BCUT2D eigenvalue weighted by Crippen LogP contribution is 2.38. The van der Waals surface area contributed by atoms with Gasteiger partial charge < -0.3 is 5.73 Å². The normalized spacial score (nSPS) is 17.9. The highest BCUT2D eigenvalue weighted by Gasteiger charge is 2.22. The molecule has 1 aliphatic rings. The number of nitrogens with zero attached hydrogens (tertiary/aromatic N) is 2. The molecule has 2 N–H and O–H groups in total. The van der Waals surface area contributed by atoms with E-state index in [1.54, 1.807) is 0 Å². The molecule has 0 aromatic carbocycles. The van der Waals surface area contributed by atoms with Crippen LogP contribution in [0.4, 0.5) is 5.82 Å². The Morgan fingerprint density at radius 3 is 2.62 bits per heavy atom. The molecule has 0 radical (unpaired) electrons. The van der Waals surface area contributed by atoms with Crippen molar-refractivity contribution in [3.8, 4) is 0 Å². The molecule has 1 saturated carbocycles. The largest absolute Gasteiger partial charge is 0.383 e. The number of aromatic nitrogens is 2. The Labute approximate surface area is 82.3 Å². The van der Waals surface area contributed by atoms with E-state index in [2.05, 4.69) is 9.97 Å². The molecule has 1 aromatic rings. The van der Waals surface area contributed by atoms with Gasteiger partial charge in [-0.3, -0.25) is 0 Å². The molecule has 0 bridgehead atoms. The predicted octanol–water partition coefficient (Wildman–Crippen LogP) is 2.37. The Morgan fingerprint density at radius 1 is 1.31 bits per heavy atom. The van der Waals surface area contributed by atoms with Crippen molar-refractivity contribution < 1.29 is 0 Å². The smallest absolute Gasteiger partial charge is 0.138 e. The molecular formula is C9H12ClN3. The Kier molecular flexibility index (Phi) is 2.36. The molecule has 1 heterocycles. The molecule has 13 heavy (non-hydrogen) atoms. The van der Waals surface area contributed by atoms with E-state index in [1.165, 1.54) is 19.2 Å². The van der Waals surface area contributed by atoms with Crippen LogP contribution in [0.2, 0.25) is 5.15 Å². The third-order valence-electron chi connectivity index (χ3n) is 2.63. The fourth-order valence-corrected chi connectivity index (χ4v) is 2.27. The number of hydrogen-bond donors (Lipinski definition) is 1. The Hall–Kier alpha value is -0.830. The van der Waals surface area contributed by atoms with Crippen LogP contribution in [0.3, 0.4) is 0 Å². The van der Waals surface area contributed by atoms with Crippen molar-refractivity contribution in [3.63, 3.8) is 0 Å². The van der Waals surface area contributed by atoms with Gasteiger partial charge in [-0.2, -0.15) is 0 Å². The Morgan fingerprint density at radius 2 is 2.00 bits per heavy atom. The van der Waals surface area contributed by atoms with Crippen molar-refractivity contribution in [1.29, 1.82) is 0 Å². The van der Waals surface area contributed by atoms with Crippen LogP contribution in [0.25, 0.3) is 0 Å². The molecule has 0 saturated heterocycles. The summed E-state index contributed by atoms with van der Waals surface area (Å²) in [6.45, 7) is 0. The lowest BCUT2D eigenvalue weighted by atomic mass is 10.00. The van der Waals surface area contributed by atoms with Crippen LogP contribution in [0, 0.1) is 0 Å². The Bertz CT molecular complexity index is 287. The van der Waals surface area contributed by atoms with Crippen LogP contribution < -0.4 is 5.73 Å². The van der Waals surface area contributed by atoms with Crippen LogP contribution in [0.5, 0.6) is 0 Å². The molecule has 0 aliphatic heterocycles. The quantitative estimate of drug-likeness (QED) is 0.704. The first-order chi connectivity index (χ1) is 6.29. The first-order valence-electron chi connectivity index (χ1n) is 4.55. The lowest BCUT2D eigenvalue weighted by molar-refractivity contribution is 0.717. The van der Waals surface area contributed by atoms with E-state index >= 15 is 0 Å². The highest BCUT2D eigenvalue weighted by molar-refractivity contribution is 6.30. The van der Waals surface area contributed by atoms with Crippen molar-refractivity contribution in [2.75, 3.05) is 5.73 Å². The maximum Gasteiger partial charge on any atom is 0.138 e. The van der Waals surface area contributed by atoms with Crippen LogP contribution >= 0.6 is 11.6 Å². The number of rotatable bonds is 1. The van der Waals surface area contributed by atoms with Gasteiger partial charge in [-0.1, -0.05) is 24.4 Å². The molecule has 0 unspecified atom stereocenters. The average molecular weight is 198 g/mol. The Balaban J connectivity index is 2.37. The minimum absolute atomic E-state index is 0.480. The third-order valence-corrected chi connectivity index (χ3v) is 2.93. The fourth-order valence-electron chi connectivity index (χ4n) is 1.98. The average Bonchev–Trinajstić information content (AvgIpc) is 2.57. The van der Waals surface area contributed by atoms with E-state index in [9.17, 15) is 0 Å². The summed E-state index contributed by atoms with van der Waals surface area (Å²) >= 11 is 5.98. The zero-order valence-electron chi connectivity index (χ0n) is 7.33. The molecule has 4 heteroatoms. The molecular weight excluding hydrogens is 186 g/mol. The maximum atomic E-state index is 5.98. The minimum atomic E-state index is 0.480. The van der Waals surface area contributed by atoms with Gasteiger partial charge in [0.2, 0.25) is 0 Å². The van der Waals surface area contributed by atoms with Gasteiger partial charge in [0.1, 0.15) is 17.3 Å². The first kappa shape index (κ1) is 8.75. The summed E-state index contributed by atoms with van der Waals surface area (Å²) in [5, 5.41) is 0.527. The zero-order chi connectivity index (χ0) is 9.26. The van der Waals surface area contributed by atoms with Crippen molar-refractivity contribution in [1.82, 2.24) is 9.97 Å². The summed E-state index contributed by atoms with van der Waals surface area (Å²) in [7, 11) is 0. The second-order valence-corrected chi connectivity index (χ2v) is 3.80. The molecule has 2 rings (SSSR count).